The molecule has 0 aromatic heterocycles. The molecule has 0 spiro atoms. The van der Waals surface area contributed by atoms with Crippen LogP contribution in [0, 0.1) is 0 Å². The minimum absolute atomic E-state index is 0.00361. The van der Waals surface area contributed by atoms with Crippen LogP contribution in [0.4, 0.5) is 0 Å². The number of hydrogen-bond acceptors (Lipinski definition) is 14. The number of likely N-dealkylation sites (N-methyl/N-ethyl adjacent to an activating group) is 1. The third-order valence-electron chi connectivity index (χ3n) is 11.6. The normalized spacial score (nSPS) is 22.1. The number of aliphatic hydroxyl groups is 5. The van der Waals surface area contributed by atoms with E-state index in [0.717, 1.165) is 51.0 Å². The molecule has 1 rings (SSSR count). The van der Waals surface area contributed by atoms with Crippen LogP contribution in [0.2, 0.25) is 0 Å². The maximum absolute atomic E-state index is 13.5. The number of unbranched alkanes of at least 4 members (excludes halogenated alkanes) is 18. The number of quaternary nitrogens is 1. The van der Waals surface area contributed by atoms with Gasteiger partial charge in [0.05, 0.1) is 27.7 Å². The predicted molar refractivity (Wildman–Crippen MR) is 284 cm³/mol. The Morgan fingerprint density at radius 3 is 1.51 bits per heavy atom. The first-order valence-corrected chi connectivity index (χ1v) is 29.2. The molecule has 0 aromatic carbocycles. The third kappa shape index (κ3) is 34.5. The Hall–Kier alpha value is -2.95. The summed E-state index contributed by atoms with van der Waals surface area (Å²) in [6.45, 7) is 2.88. The molecule has 0 aromatic rings. The Balaban J connectivity index is 2.84. The van der Waals surface area contributed by atoms with Crippen molar-refractivity contribution in [2.45, 2.75) is 204 Å². The number of nitrogens with zero attached hydrogens (tertiary/aromatic N) is 1. The van der Waals surface area contributed by atoms with Gasteiger partial charge in [0, 0.05) is 12.5 Å². The van der Waals surface area contributed by atoms with Gasteiger partial charge in [-0.05, 0) is 49.5 Å². The highest BCUT2D eigenvalue weighted by Crippen LogP contribution is 2.50. The standard InChI is InChI=1S/C54H92NO15P2/c1-6-8-10-12-14-16-18-20-22-23-24-25-27-29-31-33-35-37-39-41-47(57)68-45(43-66-46(56)40-38-36-34-32-30-28-26-21-19-17-15-13-11-9-7-2)44-67-72(64,65)70-48(42-55(3,4)5)71(63)69-54-52(61)50(59)49(58)51(60)53(54)62/h21-27,29,31,33,35,37,39,41,45,48-54,58-62H,6-20,28,30,32,34,36,38,40,42-44H2,1-5H3/q+1/p+1/t45-,48?,49?,50?,51?,52?,53?,54?/m1/s1. The van der Waals surface area contributed by atoms with Gasteiger partial charge in [0.1, 0.15) is 37.1 Å². The number of phosphoric ester groups is 1. The molecule has 1 aliphatic rings. The smallest absolute Gasteiger partial charge is 0.462 e. The van der Waals surface area contributed by atoms with E-state index in [1.807, 2.05) is 36.5 Å². The maximum Gasteiger partial charge on any atom is 0.547 e. The van der Waals surface area contributed by atoms with Crippen molar-refractivity contribution < 1.29 is 76.7 Å². The highest BCUT2D eigenvalue weighted by atomic mass is 31.2. The van der Waals surface area contributed by atoms with E-state index >= 15 is 0 Å². The fraction of sp³-hybridized carbons (Fsp3) is 0.704. The van der Waals surface area contributed by atoms with Gasteiger partial charge < -0.3 is 44.4 Å². The zero-order valence-electron chi connectivity index (χ0n) is 44.1. The van der Waals surface area contributed by atoms with Crippen molar-refractivity contribution in [3.05, 3.63) is 85.1 Å². The Kier molecular flexibility index (Phi) is 38.5. The lowest BCUT2D eigenvalue weighted by atomic mass is 9.85. The molecule has 1 fully saturated rings. The number of carbonyl (C=O) groups excluding carboxylic acids is 2. The van der Waals surface area contributed by atoms with E-state index in [1.54, 1.807) is 39.4 Å². The molecule has 412 valence electrons. The highest BCUT2D eigenvalue weighted by molar-refractivity contribution is 7.48. The number of allylic oxidation sites excluding steroid dienone is 13. The van der Waals surface area contributed by atoms with E-state index in [4.69, 9.17) is 23.0 Å². The molecule has 7 unspecified atom stereocenters. The molecule has 0 radical (unpaired) electrons. The fourth-order valence-electron chi connectivity index (χ4n) is 7.44. The minimum atomic E-state index is -5.18. The topological polar surface area (TPSA) is 236 Å². The monoisotopic (exact) mass is 1060 g/mol. The molecule has 0 saturated heterocycles. The zero-order chi connectivity index (χ0) is 53.5. The van der Waals surface area contributed by atoms with Crippen molar-refractivity contribution in [1.29, 1.82) is 0 Å². The van der Waals surface area contributed by atoms with Crippen molar-refractivity contribution in [2.75, 3.05) is 40.9 Å². The molecule has 72 heavy (non-hydrogen) atoms. The average molecular weight is 1060 g/mol. The van der Waals surface area contributed by atoms with Gasteiger partial charge in [-0.25, -0.2) is 13.9 Å². The van der Waals surface area contributed by atoms with Crippen molar-refractivity contribution in [3.8, 4) is 0 Å². The zero-order valence-corrected chi connectivity index (χ0v) is 45.9. The lowest BCUT2D eigenvalue weighted by Gasteiger charge is -2.39. The second-order valence-corrected chi connectivity index (χ2v) is 22.2. The quantitative estimate of drug-likeness (QED) is 0.00635. The van der Waals surface area contributed by atoms with Crippen LogP contribution in [0.25, 0.3) is 0 Å². The van der Waals surface area contributed by atoms with Gasteiger partial charge in [0.15, 0.2) is 18.8 Å². The Bertz CT molecular complexity index is 1710. The summed E-state index contributed by atoms with van der Waals surface area (Å²) in [4.78, 5) is 36.4. The molecule has 1 saturated carbocycles. The molecule has 1 aliphatic carbocycles. The lowest BCUT2D eigenvalue weighted by Crippen LogP contribution is -2.64. The molecule has 0 aliphatic heterocycles. The summed E-state index contributed by atoms with van der Waals surface area (Å²) in [5, 5.41) is 51.0. The number of aliphatic hydroxyl groups excluding tert-OH is 5. The van der Waals surface area contributed by atoms with Gasteiger partial charge in [-0.15, -0.1) is 4.52 Å². The molecule has 0 amide bonds. The van der Waals surface area contributed by atoms with Crippen LogP contribution < -0.4 is 0 Å². The van der Waals surface area contributed by atoms with E-state index in [-0.39, 0.29) is 17.4 Å². The van der Waals surface area contributed by atoms with Crippen LogP contribution in [0.3, 0.4) is 0 Å². The first-order chi connectivity index (χ1) is 34.4. The van der Waals surface area contributed by atoms with Crippen LogP contribution in [0.1, 0.15) is 155 Å². The van der Waals surface area contributed by atoms with Crippen molar-refractivity contribution in [1.82, 2.24) is 0 Å². The molecular formula is C54H93NO15P2+2. The largest absolute Gasteiger partial charge is 0.547 e. The number of ether oxygens (including phenoxy) is 2. The van der Waals surface area contributed by atoms with Gasteiger partial charge in [-0.3, -0.25) is 9.32 Å². The van der Waals surface area contributed by atoms with Crippen LogP contribution in [-0.4, -0.2) is 136 Å². The number of hydrogen-bond donors (Lipinski definition) is 6. The Morgan fingerprint density at radius 1 is 0.583 bits per heavy atom. The molecule has 16 nitrogen and oxygen atoms in total. The number of carbonyl (C=O) groups is 2. The maximum atomic E-state index is 13.5. The number of rotatable bonds is 42. The van der Waals surface area contributed by atoms with Crippen molar-refractivity contribution in [2.24, 2.45) is 0 Å². The SMILES string of the molecule is CCCCCCCCC=CCCCCCCCC(=O)OC[C@H](COP(=O)(O)OC(C[N+](C)(C)C)[P+](=O)OC1C(O)C(O)C(O)C(O)C1O)OC(=O)C=CC=CC=CC=CC=CC=CCCCCCCCCC. The van der Waals surface area contributed by atoms with Crippen LogP contribution in [0.5, 0.6) is 0 Å². The molecular weight excluding hydrogens is 965 g/mol. The Labute approximate surface area is 432 Å². The lowest BCUT2D eigenvalue weighted by molar-refractivity contribution is -0.871. The van der Waals surface area contributed by atoms with Crippen LogP contribution in [0.15, 0.2) is 85.1 Å². The van der Waals surface area contributed by atoms with Crippen LogP contribution in [-0.2, 0) is 41.8 Å². The van der Waals surface area contributed by atoms with E-state index < -0.39 is 89.6 Å². The van der Waals surface area contributed by atoms with E-state index in [9.17, 15) is 49.1 Å². The van der Waals surface area contributed by atoms with Gasteiger partial charge in [0.2, 0.25) is 0 Å². The summed E-state index contributed by atoms with van der Waals surface area (Å²) in [6.07, 6.45) is 37.2. The third-order valence-corrected chi connectivity index (χ3v) is 14.0. The van der Waals surface area contributed by atoms with Crippen molar-refractivity contribution in [3.63, 3.8) is 0 Å². The highest BCUT2D eigenvalue weighted by Gasteiger charge is 2.55. The van der Waals surface area contributed by atoms with E-state index in [1.165, 1.54) is 89.5 Å². The summed E-state index contributed by atoms with van der Waals surface area (Å²) < 4.78 is 53.4. The average Bonchev–Trinajstić information content (AvgIpc) is 3.33. The van der Waals surface area contributed by atoms with Crippen molar-refractivity contribution >= 4 is 27.8 Å². The van der Waals surface area contributed by atoms with Gasteiger partial charge in [-0.2, -0.15) is 0 Å². The second kappa shape index (κ2) is 41.3. The Morgan fingerprint density at radius 2 is 1.01 bits per heavy atom. The molecule has 8 atom stereocenters. The minimum Gasteiger partial charge on any atom is -0.462 e. The summed E-state index contributed by atoms with van der Waals surface area (Å²) in [6, 6.07) is 0. The molecule has 0 bridgehead atoms. The summed E-state index contributed by atoms with van der Waals surface area (Å²) in [7, 11) is -3.46. The molecule has 6 N–H and O–H groups in total. The summed E-state index contributed by atoms with van der Waals surface area (Å²) in [5.41, 5.74) is 0. The van der Waals surface area contributed by atoms with Gasteiger partial charge >= 0.3 is 33.6 Å². The second-order valence-electron chi connectivity index (χ2n) is 19.4. The van der Waals surface area contributed by atoms with Gasteiger partial charge in [-0.1, -0.05) is 183 Å². The van der Waals surface area contributed by atoms with Crippen LogP contribution >= 0.6 is 15.9 Å². The molecule has 18 heteroatoms. The number of phosphoric acid groups is 1. The van der Waals surface area contributed by atoms with Gasteiger partial charge in [0.25, 0.3) is 0 Å². The van der Waals surface area contributed by atoms with E-state index in [0.29, 0.717) is 6.42 Å². The predicted octanol–water partition coefficient (Wildman–Crippen LogP) is 10.1. The summed E-state index contributed by atoms with van der Waals surface area (Å²) >= 11 is 0. The van der Waals surface area contributed by atoms with E-state index in [2.05, 4.69) is 32.1 Å². The summed E-state index contributed by atoms with van der Waals surface area (Å²) in [5.74, 6) is -3.17. The molecule has 0 heterocycles. The number of esters is 2. The first kappa shape index (κ1) is 67.1. The first-order valence-electron chi connectivity index (χ1n) is 26.4. The fourth-order valence-corrected chi connectivity index (χ4v) is 10.1.